The van der Waals surface area contributed by atoms with Crippen molar-refractivity contribution in [2.24, 2.45) is 0 Å². The molecule has 0 saturated carbocycles. The zero-order valence-corrected chi connectivity index (χ0v) is 15.1. The van der Waals surface area contributed by atoms with Crippen LogP contribution in [0.1, 0.15) is 52.4 Å². The molecule has 1 N–H and O–H groups in total. The molecular weight excluding hydrogens is 295 g/mol. The van der Waals surface area contributed by atoms with Gasteiger partial charge < -0.3 is 8.39 Å². The van der Waals surface area contributed by atoms with Gasteiger partial charge in [-0.3, -0.25) is 4.89 Å². The van der Waals surface area contributed by atoms with Gasteiger partial charge in [-0.2, -0.15) is 0 Å². The number of hydrogen-bond donors (Lipinski definition) is 1. The SMILES string of the molecule is C=C/C=c1/op(O)oc(/C=C\CC)c(/C=C\C)/c1=C/C.CC. The van der Waals surface area contributed by atoms with Crippen LogP contribution in [0.2, 0.25) is 0 Å². The predicted octanol–water partition coefficient (Wildman–Crippen LogP) is 4.99. The minimum atomic E-state index is -1.99. The first-order valence-electron chi connectivity index (χ1n) is 7.56. The van der Waals surface area contributed by atoms with Gasteiger partial charge in [0, 0.05) is 10.8 Å². The smallest absolute Gasteiger partial charge is 0.384 e. The van der Waals surface area contributed by atoms with Crippen molar-refractivity contribution in [3.63, 3.8) is 0 Å². The van der Waals surface area contributed by atoms with Crippen molar-refractivity contribution in [2.75, 3.05) is 0 Å². The van der Waals surface area contributed by atoms with Gasteiger partial charge in [0.05, 0.1) is 0 Å². The van der Waals surface area contributed by atoms with Crippen molar-refractivity contribution in [1.82, 2.24) is 0 Å². The maximum atomic E-state index is 9.88. The first-order chi connectivity index (χ1) is 10.7. The highest BCUT2D eigenvalue weighted by Crippen LogP contribution is 2.21. The van der Waals surface area contributed by atoms with E-state index in [2.05, 4.69) is 6.58 Å². The maximum Gasteiger partial charge on any atom is 0.384 e. The third-order valence-electron chi connectivity index (χ3n) is 2.57. The van der Waals surface area contributed by atoms with Crippen LogP contribution in [0.5, 0.6) is 0 Å². The molecule has 0 amide bonds. The molecule has 0 spiro atoms. The van der Waals surface area contributed by atoms with E-state index in [1.807, 2.05) is 65.0 Å². The Bertz CT molecular complexity index is 665. The van der Waals surface area contributed by atoms with E-state index in [1.54, 1.807) is 12.2 Å². The van der Waals surface area contributed by atoms with Gasteiger partial charge >= 0.3 is 8.24 Å². The molecule has 0 bridgehead atoms. The molecule has 1 atom stereocenters. The Labute approximate surface area is 134 Å². The molecule has 1 aromatic heterocycles. The molecule has 0 radical (unpaired) electrons. The minimum absolute atomic E-state index is 0.559. The van der Waals surface area contributed by atoms with E-state index in [4.69, 9.17) is 8.39 Å². The first-order valence-corrected chi connectivity index (χ1v) is 8.69. The number of rotatable bonds is 4. The molecule has 1 unspecified atom stereocenters. The molecule has 1 rings (SSSR count). The second-order valence-electron chi connectivity index (χ2n) is 3.98. The third kappa shape index (κ3) is 5.97. The number of allylic oxidation sites excluding steroid dienone is 3. The lowest BCUT2D eigenvalue weighted by atomic mass is 10.1. The second kappa shape index (κ2) is 11.9. The van der Waals surface area contributed by atoms with E-state index in [1.165, 1.54) is 0 Å². The van der Waals surface area contributed by atoms with Crippen molar-refractivity contribution in [3.05, 3.63) is 46.8 Å². The van der Waals surface area contributed by atoms with Gasteiger partial charge in [-0.25, -0.2) is 0 Å². The Morgan fingerprint density at radius 1 is 1.18 bits per heavy atom. The van der Waals surface area contributed by atoms with Crippen LogP contribution in [0.3, 0.4) is 0 Å². The van der Waals surface area contributed by atoms with Crippen LogP contribution in [0, 0.1) is 0 Å². The molecule has 0 fully saturated rings. The summed E-state index contributed by atoms with van der Waals surface area (Å²) in [7, 11) is -1.99. The first kappa shape index (κ1) is 20.3. The fourth-order valence-corrected chi connectivity index (χ4v) is 2.45. The molecule has 0 aromatic carbocycles. The van der Waals surface area contributed by atoms with Crippen LogP contribution < -0.4 is 10.6 Å². The molecule has 4 heteroatoms. The molecule has 122 valence electrons. The minimum Gasteiger partial charge on any atom is -0.399 e. The quantitative estimate of drug-likeness (QED) is 0.849. The predicted molar refractivity (Wildman–Crippen MR) is 98.4 cm³/mol. The van der Waals surface area contributed by atoms with E-state index >= 15 is 0 Å². The van der Waals surface area contributed by atoms with Crippen LogP contribution >= 0.6 is 8.24 Å². The zero-order chi connectivity index (χ0) is 17.0. The van der Waals surface area contributed by atoms with E-state index in [-0.39, 0.29) is 0 Å². The van der Waals surface area contributed by atoms with Crippen LogP contribution in [0.25, 0.3) is 24.3 Å². The molecule has 22 heavy (non-hydrogen) atoms. The van der Waals surface area contributed by atoms with Gasteiger partial charge in [0.2, 0.25) is 0 Å². The summed E-state index contributed by atoms with van der Waals surface area (Å²) in [6.07, 6.45) is 13.9. The summed E-state index contributed by atoms with van der Waals surface area (Å²) in [6, 6.07) is 0. The lowest BCUT2D eigenvalue weighted by Gasteiger charge is -1.95. The standard InChI is InChI=1S/C16H21O3P.C2H6/c1-5-9-12-16-14(10-6-2)13(8-4)15(11-7-3)18-20(17)19-16;1-2/h6-12,17H,3,5H2,1-2,4H3;1-2H3/b10-6-,12-9-,13-8-,15-11+;. The lowest BCUT2D eigenvalue weighted by Crippen LogP contribution is -2.24. The normalized spacial score (nSPS) is 13.5. The van der Waals surface area contributed by atoms with Crippen LogP contribution in [-0.4, -0.2) is 4.89 Å². The molecule has 0 aliphatic rings. The van der Waals surface area contributed by atoms with Gasteiger partial charge in [-0.1, -0.05) is 57.7 Å². The summed E-state index contributed by atoms with van der Waals surface area (Å²) in [5.41, 5.74) is 1.44. The van der Waals surface area contributed by atoms with Crippen LogP contribution in [-0.2, 0) is 0 Å². The summed E-state index contributed by atoms with van der Waals surface area (Å²) < 4.78 is 11.0. The molecular formula is C18H27O3P. The average Bonchev–Trinajstić information content (AvgIpc) is 2.65. The highest BCUT2D eigenvalue weighted by Gasteiger charge is 2.04. The monoisotopic (exact) mass is 322 g/mol. The fourth-order valence-electron chi connectivity index (χ4n) is 1.76. The highest BCUT2D eigenvalue weighted by molar-refractivity contribution is 7.30. The van der Waals surface area contributed by atoms with Gasteiger partial charge in [-0.05, 0) is 32.4 Å². The highest BCUT2D eigenvalue weighted by atomic mass is 31.1. The van der Waals surface area contributed by atoms with Gasteiger partial charge in [0.1, 0.15) is 11.2 Å². The van der Waals surface area contributed by atoms with E-state index in [0.717, 1.165) is 17.2 Å². The summed E-state index contributed by atoms with van der Waals surface area (Å²) >= 11 is 0. The number of hydrogen-bond acceptors (Lipinski definition) is 3. The molecule has 0 aliphatic heterocycles. The Balaban J connectivity index is 0.00000211. The van der Waals surface area contributed by atoms with Crippen molar-refractivity contribution in [3.8, 4) is 0 Å². The lowest BCUT2D eigenvalue weighted by molar-refractivity contribution is 0.455. The average molecular weight is 322 g/mol. The Morgan fingerprint density at radius 2 is 1.86 bits per heavy atom. The molecule has 3 nitrogen and oxygen atoms in total. The van der Waals surface area contributed by atoms with Crippen molar-refractivity contribution in [1.29, 1.82) is 0 Å². The molecule has 1 aromatic rings. The van der Waals surface area contributed by atoms with E-state index < -0.39 is 8.24 Å². The summed E-state index contributed by atoms with van der Waals surface area (Å²) in [4.78, 5) is 9.88. The molecule has 1 heterocycles. The van der Waals surface area contributed by atoms with Gasteiger partial charge in [0.25, 0.3) is 0 Å². The Morgan fingerprint density at radius 3 is 2.36 bits per heavy atom. The fraction of sp³-hybridized carbons (Fsp3) is 0.333. The van der Waals surface area contributed by atoms with Gasteiger partial charge in [0.15, 0.2) is 0 Å². The van der Waals surface area contributed by atoms with Crippen LogP contribution in [0.15, 0.2) is 33.2 Å². The van der Waals surface area contributed by atoms with Crippen molar-refractivity contribution in [2.45, 2.75) is 41.0 Å². The summed E-state index contributed by atoms with van der Waals surface area (Å²) in [6.45, 7) is 13.6. The maximum absolute atomic E-state index is 9.88. The largest absolute Gasteiger partial charge is 0.399 e. The van der Waals surface area contributed by atoms with Crippen molar-refractivity contribution < 1.29 is 13.3 Å². The molecule has 0 aliphatic carbocycles. The van der Waals surface area contributed by atoms with E-state index in [0.29, 0.717) is 11.2 Å². The van der Waals surface area contributed by atoms with E-state index in [9.17, 15) is 4.89 Å². The Hall–Kier alpha value is -1.70. The van der Waals surface area contributed by atoms with Gasteiger partial charge in [-0.15, -0.1) is 0 Å². The third-order valence-corrected chi connectivity index (χ3v) is 3.28. The van der Waals surface area contributed by atoms with Crippen molar-refractivity contribution >= 4 is 32.5 Å². The Kier molecular flexibility index (Phi) is 11.0. The van der Waals surface area contributed by atoms with Crippen LogP contribution in [0.4, 0.5) is 0 Å². The molecule has 0 saturated heterocycles. The second-order valence-corrected chi connectivity index (χ2v) is 4.82. The summed E-state index contributed by atoms with van der Waals surface area (Å²) in [5, 5.41) is 0.873. The topological polar surface area (TPSA) is 46.5 Å². The zero-order valence-electron chi connectivity index (χ0n) is 14.2. The summed E-state index contributed by atoms with van der Waals surface area (Å²) in [5.74, 6) is 0.610.